The maximum absolute atomic E-state index is 13.8. The van der Waals surface area contributed by atoms with E-state index in [-0.39, 0.29) is 50.4 Å². The summed E-state index contributed by atoms with van der Waals surface area (Å²) in [6.07, 6.45) is -12.1. The number of hydrogen-bond donors (Lipinski definition) is 9. The van der Waals surface area contributed by atoms with Gasteiger partial charge in [0.15, 0.2) is 6.29 Å². The first-order valence-electron chi connectivity index (χ1n) is 23.3. The van der Waals surface area contributed by atoms with Crippen molar-refractivity contribution in [1.82, 2.24) is 26.2 Å². The third-order valence-electron chi connectivity index (χ3n) is 11.3. The highest BCUT2D eigenvalue weighted by molar-refractivity contribution is 5.81. The Morgan fingerprint density at radius 3 is 2.10 bits per heavy atom. The fourth-order valence-corrected chi connectivity index (χ4v) is 8.23. The van der Waals surface area contributed by atoms with Gasteiger partial charge in [-0.15, -0.1) is 0 Å². The molecule has 12 atom stereocenters. The molecule has 400 valence electrons. The lowest BCUT2D eigenvalue weighted by Gasteiger charge is -2.52. The summed E-state index contributed by atoms with van der Waals surface area (Å²) in [5.41, 5.74) is 2.40. The average Bonchev–Trinajstić information content (AvgIpc) is 3.23. The Morgan fingerprint density at radius 2 is 1.51 bits per heavy atom. The lowest BCUT2D eigenvalue weighted by atomic mass is 9.72. The van der Waals surface area contributed by atoms with Crippen LogP contribution >= 0.6 is 0 Å². The summed E-state index contributed by atoms with van der Waals surface area (Å²) in [4.78, 5) is 77.1. The van der Waals surface area contributed by atoms with E-state index in [1.165, 1.54) is 38.2 Å². The third-order valence-corrected chi connectivity index (χ3v) is 11.3. The molecule has 2 fully saturated rings. The van der Waals surface area contributed by atoms with Crippen LogP contribution in [0.2, 0.25) is 0 Å². The van der Waals surface area contributed by atoms with Gasteiger partial charge in [0.2, 0.25) is 5.91 Å². The number of non-ortho nitro benzene ring substituents is 1. The van der Waals surface area contributed by atoms with Gasteiger partial charge in [0.25, 0.3) is 5.69 Å². The summed E-state index contributed by atoms with van der Waals surface area (Å²) in [5.74, 6) is -2.01. The van der Waals surface area contributed by atoms with E-state index in [0.717, 1.165) is 4.90 Å². The molecule has 25 nitrogen and oxygen atoms in total. The second kappa shape index (κ2) is 23.8. The van der Waals surface area contributed by atoms with Crippen LogP contribution < -0.4 is 27.0 Å². The third kappa shape index (κ3) is 17.3. The number of nitrogens with one attached hydrogen (secondary N) is 4. The zero-order chi connectivity index (χ0) is 53.4. The van der Waals surface area contributed by atoms with Gasteiger partial charge in [-0.05, 0) is 112 Å². The Kier molecular flexibility index (Phi) is 19.4. The van der Waals surface area contributed by atoms with Crippen LogP contribution in [0.4, 0.5) is 24.9 Å². The molecule has 3 aliphatic rings. The molecule has 1 saturated heterocycles. The molecule has 1 unspecified atom stereocenters. The molecule has 0 aromatic heterocycles. The van der Waals surface area contributed by atoms with E-state index < -0.39 is 131 Å². The molecule has 1 aromatic carbocycles. The Bertz CT molecular complexity index is 2050. The minimum atomic E-state index is -1.87. The van der Waals surface area contributed by atoms with E-state index in [4.69, 9.17) is 38.9 Å². The largest absolute Gasteiger partial charge is 0.491 e. The lowest BCUT2D eigenvalue weighted by molar-refractivity contribution is -0.384. The highest BCUT2D eigenvalue weighted by atomic mass is 16.7. The number of rotatable bonds is 15. The van der Waals surface area contributed by atoms with Gasteiger partial charge in [0.05, 0.1) is 36.3 Å². The van der Waals surface area contributed by atoms with Crippen molar-refractivity contribution in [2.24, 2.45) is 11.7 Å². The van der Waals surface area contributed by atoms with Crippen molar-refractivity contribution >= 4 is 36.0 Å². The van der Waals surface area contributed by atoms with E-state index >= 15 is 0 Å². The number of carbonyl (C=O) groups excluding carboxylic acids is 5. The first-order chi connectivity index (χ1) is 32.7. The summed E-state index contributed by atoms with van der Waals surface area (Å²) < 4.78 is 40.2. The number of nitrogens with two attached hydrogens (primary N) is 1. The van der Waals surface area contributed by atoms with Crippen LogP contribution in [0.15, 0.2) is 36.1 Å². The fraction of sp³-hybridized carbons (Fsp3) is 0.717. The van der Waals surface area contributed by atoms with Crippen LogP contribution in [-0.2, 0) is 44.6 Å². The highest BCUT2D eigenvalue weighted by Crippen LogP contribution is 2.38. The minimum Gasteiger partial charge on any atom is -0.491 e. The van der Waals surface area contributed by atoms with Crippen molar-refractivity contribution in [2.75, 3.05) is 26.7 Å². The second-order valence-electron chi connectivity index (χ2n) is 21.1. The van der Waals surface area contributed by atoms with Crippen LogP contribution in [0.25, 0.3) is 0 Å². The van der Waals surface area contributed by atoms with Crippen molar-refractivity contribution in [3.05, 3.63) is 51.8 Å². The fourth-order valence-electron chi connectivity index (χ4n) is 8.23. The first kappa shape index (κ1) is 58.0. The van der Waals surface area contributed by atoms with Gasteiger partial charge in [0, 0.05) is 43.7 Å². The van der Waals surface area contributed by atoms with Crippen LogP contribution in [0.3, 0.4) is 0 Å². The molecule has 10 N–H and O–H groups in total. The number of nitro groups is 1. The lowest BCUT2D eigenvalue weighted by Crippen LogP contribution is -2.71. The smallest absolute Gasteiger partial charge is 0.410 e. The quantitative estimate of drug-likeness (QED) is 0.0688. The van der Waals surface area contributed by atoms with Gasteiger partial charge in [0.1, 0.15) is 59.2 Å². The molecular formula is C46H73N7O18. The molecular weight excluding hydrogens is 939 g/mol. The van der Waals surface area contributed by atoms with E-state index in [2.05, 4.69) is 21.3 Å². The van der Waals surface area contributed by atoms with Crippen molar-refractivity contribution < 1.29 is 82.5 Å². The number of alkyl carbamates (subject to hydrolysis) is 3. The average molecular weight is 1010 g/mol. The van der Waals surface area contributed by atoms with Crippen molar-refractivity contribution in [3.63, 3.8) is 0 Å². The van der Waals surface area contributed by atoms with E-state index in [1.54, 1.807) is 68.4 Å². The summed E-state index contributed by atoms with van der Waals surface area (Å²) in [5, 5.41) is 68.5. The summed E-state index contributed by atoms with van der Waals surface area (Å²) in [7, 11) is 1.31. The van der Waals surface area contributed by atoms with Gasteiger partial charge >= 0.3 is 24.4 Å². The number of aliphatic hydroxyl groups excluding tert-OH is 3. The van der Waals surface area contributed by atoms with Gasteiger partial charge < -0.3 is 85.5 Å². The molecule has 0 bridgehead atoms. The zero-order valence-corrected chi connectivity index (χ0v) is 42.2. The maximum Gasteiger partial charge on any atom is 0.410 e. The van der Waals surface area contributed by atoms with Gasteiger partial charge in [-0.2, -0.15) is 0 Å². The predicted molar refractivity (Wildman–Crippen MR) is 250 cm³/mol. The minimum absolute atomic E-state index is 0.134. The Balaban J connectivity index is 1.65. The Hall–Kier alpha value is -5.57. The molecule has 0 spiro atoms. The zero-order valence-electron chi connectivity index (χ0n) is 42.2. The number of aliphatic hydroxyl groups is 4. The number of carbonyl (C=O) groups is 5. The maximum atomic E-state index is 13.8. The number of hydrogen-bond acceptors (Lipinski definition) is 19. The van der Waals surface area contributed by atoms with Crippen molar-refractivity contribution in [3.8, 4) is 0 Å². The molecule has 1 aromatic rings. The van der Waals surface area contributed by atoms with Crippen molar-refractivity contribution in [1.29, 1.82) is 0 Å². The standard InChI is InChI=1S/C46H73N7O18/c1-43(2,3)69-40(59)48-19-18-30(54)37(57)50-29-20-28(51-41(60)70-44(4,5)6)31(32(55)35(29)68-38-33(56)36(46(10,62)23-66-38)52(11)42(61)71-45(7,8)9)34-27(47)17-16-26(67-34)21-49-39(58)65-22-24-12-14-25(15-13-24)53(63)64/h12-16,27-36,38,54-56,62H,17-23,47H2,1-11H3,(H,48,59)(H,49,58)(H,50,57)(H,51,60)/t27-,28+,29-,30+,31?,32+,33-,34+,35+,36-,38-,46+/m1/s1. The van der Waals surface area contributed by atoms with Gasteiger partial charge in [-0.3, -0.25) is 14.9 Å². The molecule has 71 heavy (non-hydrogen) atoms. The highest BCUT2D eigenvalue weighted by Gasteiger charge is 2.56. The Morgan fingerprint density at radius 1 is 0.901 bits per heavy atom. The van der Waals surface area contributed by atoms with Crippen LogP contribution in [0.5, 0.6) is 0 Å². The van der Waals surface area contributed by atoms with Crippen LogP contribution in [0.1, 0.15) is 94.1 Å². The number of ether oxygens (including phenoxy) is 7. The molecule has 1 saturated carbocycles. The molecule has 5 amide bonds. The summed E-state index contributed by atoms with van der Waals surface area (Å²) >= 11 is 0. The normalized spacial score (nSPS) is 28.4. The molecule has 2 heterocycles. The molecule has 25 heteroatoms. The molecule has 1 aliphatic carbocycles. The summed E-state index contributed by atoms with van der Waals surface area (Å²) in [6, 6.07) is 0.666. The monoisotopic (exact) mass is 1010 g/mol. The number of nitro benzene ring substituents is 1. The topological polar surface area (TPSA) is 351 Å². The number of amides is 5. The molecule has 4 rings (SSSR count). The predicted octanol–water partition coefficient (Wildman–Crippen LogP) is 1.94. The Labute approximate surface area is 412 Å². The first-order valence-corrected chi connectivity index (χ1v) is 23.3. The van der Waals surface area contributed by atoms with Gasteiger partial charge in [-0.25, -0.2) is 19.2 Å². The van der Waals surface area contributed by atoms with E-state index in [1.807, 2.05) is 0 Å². The molecule has 2 aliphatic heterocycles. The number of likely N-dealkylation sites (N-methyl/N-ethyl adjacent to an activating group) is 1. The van der Waals surface area contributed by atoms with Crippen molar-refractivity contribution in [2.45, 2.75) is 178 Å². The van der Waals surface area contributed by atoms with Gasteiger partial charge in [-0.1, -0.05) is 0 Å². The SMILES string of the molecule is CN(C(=O)OC(C)(C)C)[C@@H]1[C@@H](O)[C@@H](O[C@H]2[C@H](NC(=O)[C@@H](O)CCNC(=O)OC(C)(C)C)C[C@H](NC(=O)OC(C)(C)C)C([C@H]3OC(CNC(=O)OCc4ccc([N+](=O)[O-])cc4)=CC[C@H]3N)[C@@H]2O)OC[C@]1(C)O. The second-order valence-corrected chi connectivity index (χ2v) is 21.1. The number of nitrogens with zero attached hydrogens (tertiary/aromatic N) is 2. The van der Waals surface area contributed by atoms with E-state index in [9.17, 15) is 54.5 Å². The van der Waals surface area contributed by atoms with E-state index in [0.29, 0.717) is 5.56 Å². The number of benzene rings is 1. The van der Waals surface area contributed by atoms with Crippen LogP contribution in [0, 0.1) is 16.0 Å². The molecule has 0 radical (unpaired) electrons. The summed E-state index contributed by atoms with van der Waals surface area (Å²) in [6.45, 7) is 15.0. The van der Waals surface area contributed by atoms with Crippen LogP contribution in [-0.4, -0.2) is 171 Å².